The van der Waals surface area contributed by atoms with E-state index in [9.17, 15) is 9.67 Å². The summed E-state index contributed by atoms with van der Waals surface area (Å²) in [5, 5.41) is 11.6. The predicted octanol–water partition coefficient (Wildman–Crippen LogP) is 5.66. The van der Waals surface area contributed by atoms with Crippen LogP contribution in [0.5, 0.6) is 0 Å². The quantitative estimate of drug-likeness (QED) is 0.740. The summed E-state index contributed by atoms with van der Waals surface area (Å²) in [6.07, 6.45) is 3.56. The molecule has 0 bridgehead atoms. The van der Waals surface area contributed by atoms with Gasteiger partial charge in [0.2, 0.25) is 0 Å². The number of hydrogen-bond donors (Lipinski definition) is 1. The standard InChI is InChI=1S/C20H21O2P/c21-19-17-12-7-13-18(17)23(22,14-15-8-3-1-4-9-15)20(19)16-10-5-2-6-11-16/h1-6,8-11,17-18,21H,7,12-14H2/t17-,18+,23+/m0/s1. The van der Waals surface area contributed by atoms with E-state index in [2.05, 4.69) is 0 Å². The second-order valence-corrected chi connectivity index (χ2v) is 9.66. The van der Waals surface area contributed by atoms with E-state index in [0.717, 1.165) is 35.7 Å². The maximum Gasteiger partial charge on any atom is 0.127 e. The molecule has 0 aromatic heterocycles. The first-order chi connectivity index (χ1) is 11.2. The fourth-order valence-corrected chi connectivity index (χ4v) is 8.40. The van der Waals surface area contributed by atoms with E-state index in [-0.39, 0.29) is 11.6 Å². The molecule has 0 saturated heterocycles. The molecule has 1 N–H and O–H groups in total. The Hall–Kier alpha value is -1.79. The van der Waals surface area contributed by atoms with Gasteiger partial charge < -0.3 is 9.67 Å². The van der Waals surface area contributed by atoms with E-state index in [4.69, 9.17) is 0 Å². The lowest BCUT2D eigenvalue weighted by Crippen LogP contribution is -2.10. The molecule has 0 radical (unpaired) electrons. The largest absolute Gasteiger partial charge is 0.511 e. The van der Waals surface area contributed by atoms with Crippen LogP contribution in [0.2, 0.25) is 0 Å². The summed E-state index contributed by atoms with van der Waals surface area (Å²) >= 11 is 0. The third-order valence-electron chi connectivity index (χ3n) is 5.30. The van der Waals surface area contributed by atoms with Gasteiger partial charge in [0.15, 0.2) is 0 Å². The Morgan fingerprint density at radius 2 is 1.61 bits per heavy atom. The second kappa shape index (κ2) is 5.69. The van der Waals surface area contributed by atoms with Crippen molar-refractivity contribution in [2.45, 2.75) is 31.1 Å². The minimum Gasteiger partial charge on any atom is -0.511 e. The zero-order chi connectivity index (χ0) is 15.9. The molecule has 2 aromatic carbocycles. The van der Waals surface area contributed by atoms with E-state index in [1.165, 1.54) is 0 Å². The molecule has 1 saturated carbocycles. The van der Waals surface area contributed by atoms with Crippen LogP contribution in [0.25, 0.3) is 5.31 Å². The third kappa shape index (κ3) is 2.37. The third-order valence-corrected chi connectivity index (χ3v) is 9.06. The van der Waals surface area contributed by atoms with E-state index >= 15 is 0 Å². The molecule has 2 aliphatic rings. The van der Waals surface area contributed by atoms with Crippen LogP contribution < -0.4 is 0 Å². The molecule has 1 aliphatic carbocycles. The lowest BCUT2D eigenvalue weighted by atomic mass is 10.0. The second-order valence-electron chi connectivity index (χ2n) is 6.64. The van der Waals surface area contributed by atoms with E-state index in [1.54, 1.807) is 0 Å². The minimum absolute atomic E-state index is 0.0970. The van der Waals surface area contributed by atoms with Crippen molar-refractivity contribution < 1.29 is 9.67 Å². The van der Waals surface area contributed by atoms with Gasteiger partial charge in [0, 0.05) is 17.7 Å². The zero-order valence-corrected chi connectivity index (χ0v) is 14.0. The summed E-state index contributed by atoms with van der Waals surface area (Å²) in [4.78, 5) is 0. The molecule has 0 spiro atoms. The Labute approximate surface area is 137 Å². The minimum atomic E-state index is -2.65. The molecule has 4 rings (SSSR count). The normalized spacial score (nSPS) is 29.7. The van der Waals surface area contributed by atoms with Crippen molar-refractivity contribution in [3.8, 4) is 0 Å². The topological polar surface area (TPSA) is 37.3 Å². The van der Waals surface area contributed by atoms with Crippen LogP contribution in [0.4, 0.5) is 0 Å². The number of allylic oxidation sites excluding steroid dienone is 1. The van der Waals surface area contributed by atoms with E-state index in [1.807, 2.05) is 60.7 Å². The highest BCUT2D eigenvalue weighted by Crippen LogP contribution is 2.75. The Kier molecular flexibility index (Phi) is 3.66. The van der Waals surface area contributed by atoms with Crippen LogP contribution in [-0.2, 0) is 10.7 Å². The summed E-state index contributed by atoms with van der Waals surface area (Å²) < 4.78 is 14.1. The van der Waals surface area contributed by atoms with Gasteiger partial charge in [0.1, 0.15) is 12.9 Å². The summed E-state index contributed by atoms with van der Waals surface area (Å²) in [5.41, 5.74) is 2.15. The van der Waals surface area contributed by atoms with Crippen LogP contribution in [0.3, 0.4) is 0 Å². The molecule has 1 aliphatic heterocycles. The number of rotatable bonds is 3. The van der Waals surface area contributed by atoms with E-state index < -0.39 is 7.14 Å². The van der Waals surface area contributed by atoms with Crippen molar-refractivity contribution in [1.82, 2.24) is 0 Å². The van der Waals surface area contributed by atoms with Crippen molar-refractivity contribution in [1.29, 1.82) is 0 Å². The molecule has 23 heavy (non-hydrogen) atoms. The molecule has 1 heterocycles. The highest BCUT2D eigenvalue weighted by molar-refractivity contribution is 7.74. The molecule has 3 heteroatoms. The Morgan fingerprint density at radius 1 is 0.957 bits per heavy atom. The molecular formula is C20H21O2P. The molecule has 0 amide bonds. The van der Waals surface area contributed by atoms with Gasteiger partial charge in [-0.2, -0.15) is 0 Å². The molecule has 0 unspecified atom stereocenters. The first kappa shape index (κ1) is 14.8. The summed E-state index contributed by atoms with van der Waals surface area (Å²) in [7, 11) is -2.65. The Balaban J connectivity index is 1.83. The number of fused-ring (bicyclic) bond motifs is 1. The number of hydrogen-bond acceptors (Lipinski definition) is 2. The fraction of sp³-hybridized carbons (Fsp3) is 0.300. The van der Waals surface area contributed by atoms with Crippen LogP contribution >= 0.6 is 7.14 Å². The van der Waals surface area contributed by atoms with Crippen molar-refractivity contribution in [2.24, 2.45) is 5.92 Å². The summed E-state index contributed by atoms with van der Waals surface area (Å²) in [6, 6.07) is 19.9. The van der Waals surface area contributed by atoms with Crippen LogP contribution in [0.15, 0.2) is 66.4 Å². The lowest BCUT2D eigenvalue weighted by molar-refractivity contribution is 0.343. The Morgan fingerprint density at radius 3 is 2.30 bits per heavy atom. The average molecular weight is 324 g/mol. The van der Waals surface area contributed by atoms with Gasteiger partial charge in [-0.1, -0.05) is 67.1 Å². The number of aliphatic hydroxyl groups excluding tert-OH is 1. The highest BCUT2D eigenvalue weighted by atomic mass is 31.2. The van der Waals surface area contributed by atoms with Gasteiger partial charge in [0.25, 0.3) is 0 Å². The van der Waals surface area contributed by atoms with Gasteiger partial charge >= 0.3 is 0 Å². The Bertz CT molecular complexity index is 780. The summed E-state index contributed by atoms with van der Waals surface area (Å²) in [6.45, 7) is 0. The highest BCUT2D eigenvalue weighted by Gasteiger charge is 2.53. The van der Waals surface area contributed by atoms with Crippen LogP contribution in [-0.4, -0.2) is 10.8 Å². The monoisotopic (exact) mass is 324 g/mol. The molecule has 2 nitrogen and oxygen atoms in total. The number of benzene rings is 2. The molecule has 1 fully saturated rings. The SMILES string of the molecule is O=[P@@]1(Cc2ccccc2)C(c2ccccc2)=C(O)[C@H]2CCC[C@H]21. The van der Waals surface area contributed by atoms with Gasteiger partial charge in [-0.15, -0.1) is 0 Å². The smallest absolute Gasteiger partial charge is 0.127 e. The van der Waals surface area contributed by atoms with Crippen molar-refractivity contribution >= 4 is 12.5 Å². The molecule has 2 aromatic rings. The predicted molar refractivity (Wildman–Crippen MR) is 94.9 cm³/mol. The lowest BCUT2D eigenvalue weighted by Gasteiger charge is -2.23. The number of aliphatic hydroxyl groups is 1. The van der Waals surface area contributed by atoms with Gasteiger partial charge in [-0.3, -0.25) is 0 Å². The van der Waals surface area contributed by atoms with Gasteiger partial charge in [0.05, 0.1) is 5.31 Å². The first-order valence-corrected chi connectivity index (χ1v) is 10.3. The fourth-order valence-electron chi connectivity index (χ4n) is 4.31. The van der Waals surface area contributed by atoms with Gasteiger partial charge in [-0.05, 0) is 24.0 Å². The average Bonchev–Trinajstić information content (AvgIpc) is 3.13. The first-order valence-electron chi connectivity index (χ1n) is 8.32. The van der Waals surface area contributed by atoms with Crippen molar-refractivity contribution in [3.05, 3.63) is 77.5 Å². The van der Waals surface area contributed by atoms with Crippen molar-refractivity contribution in [3.63, 3.8) is 0 Å². The maximum atomic E-state index is 14.1. The molecular weight excluding hydrogens is 303 g/mol. The van der Waals surface area contributed by atoms with Gasteiger partial charge in [-0.25, -0.2) is 0 Å². The molecule has 3 atom stereocenters. The van der Waals surface area contributed by atoms with Crippen LogP contribution in [0.1, 0.15) is 30.4 Å². The maximum absolute atomic E-state index is 14.1. The summed E-state index contributed by atoms with van der Waals surface area (Å²) in [5.74, 6) is 0.498. The van der Waals surface area contributed by atoms with Crippen LogP contribution in [0, 0.1) is 5.92 Å². The van der Waals surface area contributed by atoms with E-state index in [0.29, 0.717) is 11.9 Å². The zero-order valence-electron chi connectivity index (χ0n) is 13.1. The molecule has 118 valence electrons. The van der Waals surface area contributed by atoms with Crippen molar-refractivity contribution in [2.75, 3.05) is 0 Å².